The number of carbonyl (C=O) groups is 1. The summed E-state index contributed by atoms with van der Waals surface area (Å²) in [5.74, 6) is 2.47. The molecule has 4 heterocycles. The summed E-state index contributed by atoms with van der Waals surface area (Å²) in [4.78, 5) is 26.1. The second-order valence-electron chi connectivity index (χ2n) is 10.3. The van der Waals surface area contributed by atoms with Crippen LogP contribution < -0.4 is 5.32 Å². The van der Waals surface area contributed by atoms with E-state index < -0.39 is 11.9 Å². The summed E-state index contributed by atoms with van der Waals surface area (Å²) in [7, 11) is 0. The molecule has 10 heteroatoms. The van der Waals surface area contributed by atoms with E-state index in [4.69, 9.17) is 26.0 Å². The number of halogens is 1. The van der Waals surface area contributed by atoms with Crippen LogP contribution in [-0.2, 0) is 4.79 Å². The molecule has 184 valence electrons. The molecule has 4 fully saturated rings. The number of pyridine rings is 1. The highest BCUT2D eigenvalue weighted by Crippen LogP contribution is 2.47. The second kappa shape index (κ2) is 8.30. The number of anilines is 1. The average Bonchev–Trinajstić information content (AvgIpc) is 3.45. The third kappa shape index (κ3) is 3.73. The molecule has 0 amide bonds. The van der Waals surface area contributed by atoms with Crippen LogP contribution in [-0.4, -0.2) is 42.3 Å². The van der Waals surface area contributed by atoms with Gasteiger partial charge in [-0.2, -0.15) is 5.10 Å². The molecule has 4 aromatic heterocycles. The van der Waals surface area contributed by atoms with Crippen LogP contribution in [0.4, 0.5) is 5.82 Å². The minimum atomic E-state index is -0.737. The van der Waals surface area contributed by atoms with E-state index in [2.05, 4.69) is 20.5 Å². The Bertz CT molecular complexity index is 1470. The number of carboxylic acids is 1. The monoisotopic (exact) mass is 504 g/mol. The molecule has 0 aliphatic heterocycles. The molecule has 3 N–H and O–H groups in total. The van der Waals surface area contributed by atoms with Crippen LogP contribution in [0.2, 0.25) is 5.15 Å². The number of rotatable bonds is 6. The van der Waals surface area contributed by atoms with Gasteiger partial charge in [0.15, 0.2) is 17.2 Å². The van der Waals surface area contributed by atoms with E-state index >= 15 is 0 Å². The molecule has 0 radical (unpaired) electrons. The second-order valence-corrected chi connectivity index (χ2v) is 10.6. The van der Waals surface area contributed by atoms with Crippen LogP contribution in [0.5, 0.6) is 0 Å². The van der Waals surface area contributed by atoms with Crippen LogP contribution in [0.25, 0.3) is 34.0 Å². The number of aliphatic carboxylic acids is 1. The van der Waals surface area contributed by atoms with Crippen molar-refractivity contribution in [3.8, 4) is 23.0 Å². The molecule has 0 aromatic carbocycles. The highest BCUT2D eigenvalue weighted by atomic mass is 35.5. The summed E-state index contributed by atoms with van der Waals surface area (Å²) in [5.41, 5.74) is 1.73. The summed E-state index contributed by atoms with van der Waals surface area (Å²) in [6.45, 7) is 0. The molecular weight excluding hydrogens is 480 g/mol. The van der Waals surface area contributed by atoms with E-state index in [1.54, 1.807) is 6.07 Å². The quantitative estimate of drug-likeness (QED) is 0.293. The third-order valence-electron chi connectivity index (χ3n) is 8.01. The normalized spacial score (nSPS) is 25.4. The van der Waals surface area contributed by atoms with Crippen LogP contribution in [0.1, 0.15) is 50.2 Å². The summed E-state index contributed by atoms with van der Waals surface area (Å²) in [6, 6.07) is 9.18. The van der Waals surface area contributed by atoms with Crippen molar-refractivity contribution in [3.63, 3.8) is 0 Å². The number of furan rings is 1. The van der Waals surface area contributed by atoms with Crippen molar-refractivity contribution >= 4 is 34.4 Å². The Balaban J connectivity index is 1.32. The maximum Gasteiger partial charge on any atom is 0.308 e. The first-order valence-electron chi connectivity index (χ1n) is 12.5. The van der Waals surface area contributed by atoms with Crippen LogP contribution >= 0.6 is 11.6 Å². The summed E-state index contributed by atoms with van der Waals surface area (Å²) in [6.07, 6.45) is 6.32. The molecule has 36 heavy (non-hydrogen) atoms. The van der Waals surface area contributed by atoms with Crippen LogP contribution in [0.3, 0.4) is 0 Å². The zero-order valence-corrected chi connectivity index (χ0v) is 20.2. The fourth-order valence-electron chi connectivity index (χ4n) is 6.07. The Morgan fingerprint density at radius 1 is 1.03 bits per heavy atom. The molecule has 2 atom stereocenters. The first kappa shape index (κ1) is 21.8. The van der Waals surface area contributed by atoms with E-state index in [1.165, 1.54) is 0 Å². The van der Waals surface area contributed by atoms with Gasteiger partial charge in [-0.15, -0.1) is 0 Å². The smallest absolute Gasteiger partial charge is 0.308 e. The highest BCUT2D eigenvalue weighted by molar-refractivity contribution is 6.29. The van der Waals surface area contributed by atoms with Gasteiger partial charge in [0.25, 0.3) is 0 Å². The number of hydrogen-bond acceptors (Lipinski definition) is 7. The number of aromatic nitrogens is 5. The van der Waals surface area contributed by atoms with Crippen molar-refractivity contribution in [3.05, 3.63) is 41.2 Å². The van der Waals surface area contributed by atoms with E-state index in [-0.39, 0.29) is 12.0 Å². The predicted molar refractivity (Wildman–Crippen MR) is 134 cm³/mol. The van der Waals surface area contributed by atoms with E-state index in [9.17, 15) is 9.90 Å². The van der Waals surface area contributed by atoms with Gasteiger partial charge in [-0.25, -0.2) is 15.0 Å². The van der Waals surface area contributed by atoms with Crippen LogP contribution in [0, 0.1) is 17.8 Å². The van der Waals surface area contributed by atoms with Crippen molar-refractivity contribution in [2.45, 2.75) is 50.5 Å². The lowest BCUT2D eigenvalue weighted by molar-refractivity contribution is -0.148. The standard InChI is InChI=1S/C26H25ClN6O3/c27-19-10-7-15-23(32-33-24(15)29-19)25-28-16(18-9-8-17(36-18)12-1-2-12)11-20(31-25)30-22-14-5-3-13(4-6-14)21(22)26(34)35/h7-14,21-22H,1-6H2,(H,34,35)(H,28,30,31)(H,29,32,33)/t13?,14?,21-,22-/m0/s1. The number of hydrogen-bond donors (Lipinski definition) is 3. The van der Waals surface area contributed by atoms with E-state index in [0.717, 1.165) is 49.7 Å². The number of carboxylic acid groups (broad SMARTS) is 1. The topological polar surface area (TPSA) is 130 Å². The van der Waals surface area contributed by atoms with Gasteiger partial charge in [0.2, 0.25) is 0 Å². The Kier molecular flexibility index (Phi) is 5.02. The Morgan fingerprint density at radius 2 is 1.83 bits per heavy atom. The van der Waals surface area contributed by atoms with E-state index in [0.29, 0.717) is 51.4 Å². The van der Waals surface area contributed by atoms with Gasteiger partial charge in [0.05, 0.1) is 11.3 Å². The molecule has 0 saturated heterocycles. The summed E-state index contributed by atoms with van der Waals surface area (Å²) < 4.78 is 6.16. The van der Waals surface area contributed by atoms with Gasteiger partial charge >= 0.3 is 5.97 Å². The summed E-state index contributed by atoms with van der Waals surface area (Å²) >= 11 is 6.05. The number of fused-ring (bicyclic) bond motifs is 4. The van der Waals surface area contributed by atoms with Gasteiger partial charge in [-0.3, -0.25) is 9.89 Å². The number of H-pyrrole nitrogens is 1. The lowest BCUT2D eigenvalue weighted by Gasteiger charge is -2.47. The molecule has 8 rings (SSSR count). The van der Waals surface area contributed by atoms with Gasteiger partial charge < -0.3 is 14.8 Å². The minimum absolute atomic E-state index is 0.178. The zero-order valence-electron chi connectivity index (χ0n) is 19.4. The van der Waals surface area contributed by atoms with E-state index in [1.807, 2.05) is 24.3 Å². The largest absolute Gasteiger partial charge is 0.481 e. The molecular formula is C26H25ClN6O3. The molecule has 4 aliphatic carbocycles. The van der Waals surface area contributed by atoms with Crippen LogP contribution in [0.15, 0.2) is 34.7 Å². The third-order valence-corrected chi connectivity index (χ3v) is 8.22. The number of nitrogens with zero attached hydrogens (tertiary/aromatic N) is 4. The average molecular weight is 505 g/mol. The molecule has 4 aliphatic rings. The lowest BCUT2D eigenvalue weighted by Crippen LogP contribution is -2.51. The number of nitrogens with one attached hydrogen (secondary N) is 2. The zero-order chi connectivity index (χ0) is 24.4. The fraction of sp³-hybridized carbons (Fsp3) is 0.423. The maximum atomic E-state index is 12.2. The first-order valence-corrected chi connectivity index (χ1v) is 12.9. The van der Waals surface area contributed by atoms with Gasteiger partial charge in [-0.1, -0.05) is 11.6 Å². The van der Waals surface area contributed by atoms with Crippen molar-refractivity contribution in [2.75, 3.05) is 5.32 Å². The Morgan fingerprint density at radius 3 is 2.61 bits per heavy atom. The molecule has 0 unspecified atom stereocenters. The highest BCUT2D eigenvalue weighted by Gasteiger charge is 2.47. The SMILES string of the molecule is O=C(O)[C@H]1C2CCC(CC2)[C@@H]1Nc1cc(-c2ccc(C3CC3)o2)nc(-c2[nH]nc3nc(Cl)ccc23)n1. The van der Waals surface area contributed by atoms with Gasteiger partial charge in [0.1, 0.15) is 28.1 Å². The first-order chi connectivity index (χ1) is 17.5. The molecule has 4 aromatic rings. The molecule has 2 bridgehead atoms. The minimum Gasteiger partial charge on any atom is -0.481 e. The summed E-state index contributed by atoms with van der Waals surface area (Å²) in [5, 5.41) is 21.9. The Labute approximate surface area is 211 Å². The van der Waals surface area contributed by atoms with Crippen molar-refractivity contribution in [2.24, 2.45) is 17.8 Å². The lowest BCUT2D eigenvalue weighted by atomic mass is 9.61. The fourth-order valence-corrected chi connectivity index (χ4v) is 6.21. The molecule has 4 saturated carbocycles. The van der Waals surface area contributed by atoms with Crippen molar-refractivity contribution in [1.82, 2.24) is 25.1 Å². The Hall–Kier alpha value is -3.46. The van der Waals surface area contributed by atoms with Crippen molar-refractivity contribution in [1.29, 1.82) is 0 Å². The van der Waals surface area contributed by atoms with Gasteiger partial charge in [-0.05, 0) is 74.6 Å². The van der Waals surface area contributed by atoms with Gasteiger partial charge in [0, 0.05) is 18.0 Å². The molecule has 9 nitrogen and oxygen atoms in total. The predicted octanol–water partition coefficient (Wildman–Crippen LogP) is 5.51. The number of aromatic amines is 1. The van der Waals surface area contributed by atoms with Crippen molar-refractivity contribution < 1.29 is 14.3 Å². The molecule has 0 spiro atoms. The maximum absolute atomic E-state index is 12.2.